The van der Waals surface area contributed by atoms with Crippen LogP contribution in [0.15, 0.2) is 12.3 Å². The zero-order valence-corrected chi connectivity index (χ0v) is 14.3. The van der Waals surface area contributed by atoms with E-state index in [1.54, 1.807) is 0 Å². The van der Waals surface area contributed by atoms with E-state index in [0.717, 1.165) is 25.9 Å². The van der Waals surface area contributed by atoms with Crippen LogP contribution in [0.5, 0.6) is 0 Å². The summed E-state index contributed by atoms with van der Waals surface area (Å²) in [5.41, 5.74) is -0.360. The molecular formula is C15H24O4S2. The molecule has 2 heterocycles. The van der Waals surface area contributed by atoms with Crippen molar-refractivity contribution in [1.29, 1.82) is 0 Å². The summed E-state index contributed by atoms with van der Waals surface area (Å²) in [6.07, 6.45) is 7.09. The van der Waals surface area contributed by atoms with Gasteiger partial charge in [-0.3, -0.25) is 0 Å². The molecule has 2 fully saturated rings. The number of hydrogen-bond donors (Lipinski definition) is 0. The Labute approximate surface area is 135 Å². The van der Waals surface area contributed by atoms with Crippen LogP contribution in [0.2, 0.25) is 0 Å². The number of ether oxygens (including phenoxy) is 3. The third-order valence-corrected chi connectivity index (χ3v) is 6.86. The van der Waals surface area contributed by atoms with Crippen LogP contribution in [-0.4, -0.2) is 47.5 Å². The van der Waals surface area contributed by atoms with E-state index in [9.17, 15) is 4.79 Å². The van der Waals surface area contributed by atoms with Gasteiger partial charge in [-0.2, -0.15) is 0 Å². The van der Waals surface area contributed by atoms with E-state index in [0.29, 0.717) is 4.58 Å². The van der Waals surface area contributed by atoms with Gasteiger partial charge in [0.2, 0.25) is 0 Å². The lowest BCUT2D eigenvalue weighted by molar-refractivity contribution is -0.142. The maximum Gasteiger partial charge on any atom is 0.333 e. The second-order valence-corrected chi connectivity index (χ2v) is 8.40. The van der Waals surface area contributed by atoms with Gasteiger partial charge in [-0.15, -0.1) is 23.5 Å². The van der Waals surface area contributed by atoms with Crippen molar-refractivity contribution in [3.05, 3.63) is 12.3 Å². The van der Waals surface area contributed by atoms with E-state index in [-0.39, 0.29) is 11.7 Å². The normalized spacial score (nSPS) is 31.2. The van der Waals surface area contributed by atoms with Gasteiger partial charge in [0.25, 0.3) is 0 Å². The maximum atomic E-state index is 11.1. The Balaban J connectivity index is 1.92. The molecule has 0 N–H and O–H groups in total. The lowest BCUT2D eigenvalue weighted by Gasteiger charge is -2.42. The highest BCUT2D eigenvalue weighted by Crippen LogP contribution is 2.39. The van der Waals surface area contributed by atoms with Gasteiger partial charge in [-0.05, 0) is 44.1 Å². The molecule has 0 spiro atoms. The monoisotopic (exact) mass is 332 g/mol. The van der Waals surface area contributed by atoms with Crippen molar-refractivity contribution in [2.45, 2.75) is 48.9 Å². The number of carbonyl (C=O) groups is 1. The van der Waals surface area contributed by atoms with E-state index in [2.05, 4.69) is 11.7 Å². The van der Waals surface area contributed by atoms with Gasteiger partial charge < -0.3 is 14.2 Å². The highest BCUT2D eigenvalue weighted by molar-refractivity contribution is 8.17. The van der Waals surface area contributed by atoms with Crippen molar-refractivity contribution >= 4 is 29.5 Å². The first-order chi connectivity index (χ1) is 10.1. The quantitative estimate of drug-likeness (QED) is 0.438. The number of hydrogen-bond acceptors (Lipinski definition) is 6. The van der Waals surface area contributed by atoms with E-state index in [4.69, 9.17) is 9.47 Å². The fraction of sp³-hybridized carbons (Fsp3) is 0.800. The van der Waals surface area contributed by atoms with Gasteiger partial charge in [-0.25, -0.2) is 4.79 Å². The Hall–Kier alpha value is -0.330. The first-order valence-corrected chi connectivity index (χ1v) is 9.51. The molecule has 21 heavy (non-hydrogen) atoms. The average molecular weight is 332 g/mol. The lowest BCUT2D eigenvalue weighted by atomic mass is 9.89. The summed E-state index contributed by atoms with van der Waals surface area (Å²) in [5, 5.41) is 0. The number of rotatable bonds is 5. The predicted octanol–water partition coefficient (Wildman–Crippen LogP) is 3.21. The minimum atomic E-state index is -0.398. The number of thioether (sulfide) groups is 2. The highest BCUT2D eigenvalue weighted by atomic mass is 32.2. The van der Waals surface area contributed by atoms with Crippen molar-refractivity contribution in [2.24, 2.45) is 0 Å². The molecule has 0 aliphatic carbocycles. The Bertz CT molecular complexity index is 369. The molecule has 4 nitrogen and oxygen atoms in total. The molecule has 6 heteroatoms. The van der Waals surface area contributed by atoms with Crippen LogP contribution in [0.3, 0.4) is 0 Å². The molecular weight excluding hydrogens is 308 g/mol. The van der Waals surface area contributed by atoms with Gasteiger partial charge in [-0.1, -0.05) is 0 Å². The Kier molecular flexibility index (Phi) is 6.76. The number of esters is 1. The molecule has 0 bridgehead atoms. The fourth-order valence-corrected chi connectivity index (χ4v) is 5.51. The molecule has 2 rings (SSSR count). The Morgan fingerprint density at radius 3 is 2.86 bits per heavy atom. The standard InChI is InChI=1S/C15H24O4S2/c1-15(19-8-5-13(16)17-2)6-3-7-18-12(15)11-14-20-9-4-10-21-14/h5,8,12,14H,3-4,6-7,9-11H2,1-2H3/b8-5+/t12-,15+/m1/s1. The average Bonchev–Trinajstić information content (AvgIpc) is 2.50. The Morgan fingerprint density at radius 1 is 1.38 bits per heavy atom. The first kappa shape index (κ1) is 17.0. The molecule has 2 saturated heterocycles. The summed E-state index contributed by atoms with van der Waals surface area (Å²) in [5.74, 6) is 2.08. The molecule has 120 valence electrons. The van der Waals surface area contributed by atoms with Crippen molar-refractivity contribution < 1.29 is 19.0 Å². The minimum absolute atomic E-state index is 0.0802. The van der Waals surface area contributed by atoms with Crippen LogP contribution < -0.4 is 0 Å². The molecule has 0 aromatic carbocycles. The van der Waals surface area contributed by atoms with Crippen LogP contribution in [0.25, 0.3) is 0 Å². The van der Waals surface area contributed by atoms with Gasteiger partial charge in [0.1, 0.15) is 5.60 Å². The van der Waals surface area contributed by atoms with Crippen LogP contribution >= 0.6 is 23.5 Å². The van der Waals surface area contributed by atoms with Crippen LogP contribution in [0.1, 0.15) is 32.6 Å². The zero-order valence-electron chi connectivity index (χ0n) is 12.7. The molecule has 0 saturated carbocycles. The van der Waals surface area contributed by atoms with Gasteiger partial charge in [0.15, 0.2) is 0 Å². The molecule has 2 aliphatic rings. The van der Waals surface area contributed by atoms with E-state index in [1.807, 2.05) is 23.5 Å². The summed E-state index contributed by atoms with van der Waals surface area (Å²) >= 11 is 4.05. The topological polar surface area (TPSA) is 44.8 Å². The summed E-state index contributed by atoms with van der Waals surface area (Å²) in [6.45, 7) is 2.88. The van der Waals surface area contributed by atoms with Crippen molar-refractivity contribution in [3.8, 4) is 0 Å². The van der Waals surface area contributed by atoms with Crippen molar-refractivity contribution in [2.75, 3.05) is 25.2 Å². The van der Waals surface area contributed by atoms with Gasteiger partial charge >= 0.3 is 5.97 Å². The largest absolute Gasteiger partial charge is 0.492 e. The third-order valence-electron chi connectivity index (χ3n) is 3.86. The summed E-state index contributed by atoms with van der Waals surface area (Å²) in [4.78, 5) is 11.1. The summed E-state index contributed by atoms with van der Waals surface area (Å²) in [6, 6.07) is 0. The van der Waals surface area contributed by atoms with Crippen LogP contribution in [0, 0.1) is 0 Å². The Morgan fingerprint density at radius 2 is 2.14 bits per heavy atom. The lowest BCUT2D eigenvalue weighted by Crippen LogP contribution is -2.47. The van der Waals surface area contributed by atoms with Crippen molar-refractivity contribution in [3.63, 3.8) is 0 Å². The van der Waals surface area contributed by atoms with Gasteiger partial charge in [0.05, 0.1) is 30.1 Å². The molecule has 0 unspecified atom stereocenters. The number of methoxy groups -OCH3 is 1. The smallest absolute Gasteiger partial charge is 0.333 e. The second-order valence-electron chi connectivity index (χ2n) is 5.48. The molecule has 0 amide bonds. The van der Waals surface area contributed by atoms with E-state index in [1.165, 1.54) is 37.4 Å². The highest BCUT2D eigenvalue weighted by Gasteiger charge is 2.40. The SMILES string of the molecule is COC(=O)/C=C/O[C@@]1(C)CCCO[C@@H]1CC1SCCCS1. The zero-order chi connectivity index (χ0) is 15.1. The maximum absolute atomic E-state index is 11.1. The van der Waals surface area contributed by atoms with E-state index < -0.39 is 5.97 Å². The molecule has 0 aromatic heterocycles. The van der Waals surface area contributed by atoms with Crippen LogP contribution in [0.4, 0.5) is 0 Å². The first-order valence-electron chi connectivity index (χ1n) is 7.41. The molecule has 0 aromatic rings. The fourth-order valence-electron chi connectivity index (χ4n) is 2.60. The number of carbonyl (C=O) groups excluding carboxylic acids is 1. The summed E-state index contributed by atoms with van der Waals surface area (Å²) in [7, 11) is 1.36. The van der Waals surface area contributed by atoms with Gasteiger partial charge in [0, 0.05) is 6.61 Å². The van der Waals surface area contributed by atoms with Crippen LogP contribution in [-0.2, 0) is 19.0 Å². The third kappa shape index (κ3) is 5.11. The minimum Gasteiger partial charge on any atom is -0.492 e. The second kappa shape index (κ2) is 8.34. The molecule has 0 radical (unpaired) electrons. The molecule has 2 atom stereocenters. The van der Waals surface area contributed by atoms with E-state index >= 15 is 0 Å². The van der Waals surface area contributed by atoms with Crippen molar-refractivity contribution in [1.82, 2.24) is 0 Å². The summed E-state index contributed by atoms with van der Waals surface area (Å²) < 4.78 is 17.0. The molecule has 2 aliphatic heterocycles. The predicted molar refractivity (Wildman–Crippen MR) is 87.6 cm³/mol.